The predicted molar refractivity (Wildman–Crippen MR) is 136 cm³/mol. The average molecular weight is 452 g/mol. The fraction of sp³-hybridized carbons (Fsp3) is 0.963. The maximum Gasteiger partial charge on any atom is 0.257 e. The third kappa shape index (κ3) is 8.50. The summed E-state index contributed by atoms with van der Waals surface area (Å²) in [6.45, 7) is 5.32. The molecule has 1 N–H and O–H groups in total. The van der Waals surface area contributed by atoms with Gasteiger partial charge in [0.25, 0.3) is 5.17 Å². The van der Waals surface area contributed by atoms with Gasteiger partial charge in [0.1, 0.15) is 13.2 Å². The summed E-state index contributed by atoms with van der Waals surface area (Å²) in [5, 5.41) is 4.37. The van der Waals surface area contributed by atoms with E-state index in [0.29, 0.717) is 5.17 Å². The zero-order chi connectivity index (χ0) is 22.2. The molecule has 180 valence electrons. The lowest BCUT2D eigenvalue weighted by molar-refractivity contribution is -0.890. The third-order valence-corrected chi connectivity index (χ3v) is 8.67. The van der Waals surface area contributed by atoms with Crippen molar-refractivity contribution in [1.82, 2.24) is 5.32 Å². The lowest BCUT2D eigenvalue weighted by Gasteiger charge is -2.57. The van der Waals surface area contributed by atoms with Crippen molar-refractivity contribution in [3.05, 3.63) is 0 Å². The Bertz CT molecular complexity index is 512. The van der Waals surface area contributed by atoms with E-state index < -0.39 is 0 Å². The second-order valence-electron chi connectivity index (χ2n) is 12.0. The van der Waals surface area contributed by atoms with Gasteiger partial charge in [0, 0.05) is 5.54 Å². The second kappa shape index (κ2) is 12.2. The first-order valence-corrected chi connectivity index (χ1v) is 14.1. The van der Waals surface area contributed by atoms with E-state index in [0.717, 1.165) is 35.4 Å². The fourth-order valence-corrected chi connectivity index (χ4v) is 7.34. The van der Waals surface area contributed by atoms with Crippen LogP contribution >= 0.6 is 12.2 Å². The number of ether oxygens (including phenoxy) is 1. The van der Waals surface area contributed by atoms with Crippen LogP contribution in [-0.2, 0) is 4.74 Å². The van der Waals surface area contributed by atoms with Gasteiger partial charge in [-0.1, -0.05) is 58.3 Å². The molecule has 3 nitrogen and oxygen atoms in total. The van der Waals surface area contributed by atoms with E-state index in [1.54, 1.807) is 0 Å². The third-order valence-electron chi connectivity index (χ3n) is 8.45. The van der Waals surface area contributed by atoms with Crippen LogP contribution in [0.5, 0.6) is 0 Å². The first kappa shape index (κ1) is 25.3. The van der Waals surface area contributed by atoms with Gasteiger partial charge in [-0.25, -0.2) is 0 Å². The molecule has 0 saturated heterocycles. The molecule has 0 radical (unpaired) electrons. The molecule has 4 fully saturated rings. The van der Waals surface area contributed by atoms with E-state index in [2.05, 4.69) is 26.3 Å². The van der Waals surface area contributed by atoms with Crippen LogP contribution in [-0.4, -0.2) is 49.0 Å². The van der Waals surface area contributed by atoms with E-state index in [4.69, 9.17) is 17.0 Å². The van der Waals surface area contributed by atoms with Gasteiger partial charge in [-0.3, -0.25) is 0 Å². The number of thiocarbonyl (C=S) groups is 1. The maximum absolute atomic E-state index is 6.02. The molecule has 4 aliphatic rings. The molecule has 4 aliphatic carbocycles. The van der Waals surface area contributed by atoms with Crippen LogP contribution in [0, 0.1) is 17.8 Å². The summed E-state index contributed by atoms with van der Waals surface area (Å²) < 4.78 is 7.06. The van der Waals surface area contributed by atoms with Crippen molar-refractivity contribution < 1.29 is 9.22 Å². The van der Waals surface area contributed by atoms with Gasteiger partial charge < -0.3 is 14.5 Å². The highest BCUT2D eigenvalue weighted by molar-refractivity contribution is 7.80. The summed E-state index contributed by atoms with van der Waals surface area (Å²) in [6, 6.07) is 0. The predicted octanol–water partition coefficient (Wildman–Crippen LogP) is 6.84. The Balaban J connectivity index is 1.21. The summed E-state index contributed by atoms with van der Waals surface area (Å²) in [4.78, 5) is 0. The van der Waals surface area contributed by atoms with Crippen LogP contribution in [0.25, 0.3) is 0 Å². The monoisotopic (exact) mass is 451 g/mol. The van der Waals surface area contributed by atoms with E-state index in [-0.39, 0.29) is 5.54 Å². The highest BCUT2D eigenvalue weighted by Crippen LogP contribution is 2.55. The number of hydrogen-bond acceptors (Lipinski definition) is 2. The summed E-state index contributed by atoms with van der Waals surface area (Å²) in [7, 11) is 4.68. The van der Waals surface area contributed by atoms with Gasteiger partial charge in [-0.2, -0.15) is 0 Å². The maximum atomic E-state index is 6.02. The number of likely N-dealkylation sites (N-methyl/N-ethyl adjacent to an activating group) is 1. The Morgan fingerprint density at radius 3 is 1.81 bits per heavy atom. The Hall–Kier alpha value is -0.350. The molecule has 0 aromatic rings. The van der Waals surface area contributed by atoms with Gasteiger partial charge in [0.2, 0.25) is 0 Å². The average Bonchev–Trinajstić information content (AvgIpc) is 2.67. The first-order valence-electron chi connectivity index (χ1n) is 13.7. The lowest BCUT2D eigenvalue weighted by Crippen LogP contribution is -2.60. The van der Waals surface area contributed by atoms with Gasteiger partial charge in [0.05, 0.1) is 20.6 Å². The van der Waals surface area contributed by atoms with Gasteiger partial charge in [-0.15, -0.1) is 0 Å². The smallest absolute Gasteiger partial charge is 0.257 e. The zero-order valence-corrected chi connectivity index (χ0v) is 21.7. The molecule has 31 heavy (non-hydrogen) atoms. The Morgan fingerprint density at radius 1 is 0.806 bits per heavy atom. The topological polar surface area (TPSA) is 21.3 Å². The second-order valence-corrected chi connectivity index (χ2v) is 12.4. The standard InChI is InChI=1S/C27H50N2OS/c1-4-5-6-7-8-9-10-11-12-13-14-29(2,3)15-16-30-26(31)28-27-20-23-17-24(21-27)19-25(18-23)22-27/h23-25H,4-22H2,1-3H3/p+1. The van der Waals surface area contributed by atoms with E-state index in [9.17, 15) is 0 Å². The molecule has 0 amide bonds. The minimum Gasteiger partial charge on any atom is -0.465 e. The number of nitrogens with one attached hydrogen (secondary N) is 1. The van der Waals surface area contributed by atoms with Crippen molar-refractivity contribution in [1.29, 1.82) is 0 Å². The molecule has 0 unspecified atom stereocenters. The Morgan fingerprint density at radius 2 is 1.29 bits per heavy atom. The molecular formula is C27H51N2OS+. The SMILES string of the molecule is CCCCCCCCCCCC[N+](C)(C)CCOC(=S)NC12CC3CC(CC(C3)C1)C2. The van der Waals surface area contributed by atoms with E-state index in [1.807, 2.05) is 0 Å². The normalized spacial score (nSPS) is 29.3. The summed E-state index contributed by atoms with van der Waals surface area (Å²) >= 11 is 5.62. The van der Waals surface area contributed by atoms with Crippen LogP contribution in [0.1, 0.15) is 110 Å². The Kier molecular flexibility index (Phi) is 9.95. The summed E-state index contributed by atoms with van der Waals surface area (Å²) in [6.07, 6.45) is 22.4. The molecule has 0 aromatic heterocycles. The highest BCUT2D eigenvalue weighted by Gasteiger charge is 2.51. The number of hydrogen-bond donors (Lipinski definition) is 1. The molecule has 0 aliphatic heterocycles. The van der Waals surface area contributed by atoms with Gasteiger partial charge in [0.15, 0.2) is 0 Å². The molecular weight excluding hydrogens is 400 g/mol. The van der Waals surface area contributed by atoms with Gasteiger partial charge >= 0.3 is 0 Å². The number of quaternary nitrogens is 1. The van der Waals surface area contributed by atoms with Crippen LogP contribution < -0.4 is 5.32 Å². The molecule has 0 heterocycles. The largest absolute Gasteiger partial charge is 0.465 e. The van der Waals surface area contributed by atoms with Crippen molar-refractivity contribution >= 4 is 17.4 Å². The molecule has 4 rings (SSSR count). The minimum atomic E-state index is 0.270. The van der Waals surface area contributed by atoms with Crippen LogP contribution in [0.4, 0.5) is 0 Å². The van der Waals surface area contributed by atoms with Crippen LogP contribution in [0.2, 0.25) is 0 Å². The van der Waals surface area contributed by atoms with Crippen LogP contribution in [0.3, 0.4) is 0 Å². The number of unbranched alkanes of at least 4 members (excludes halogenated alkanes) is 9. The summed E-state index contributed by atoms with van der Waals surface area (Å²) in [5.74, 6) is 2.83. The molecule has 0 atom stereocenters. The molecule has 4 bridgehead atoms. The quantitative estimate of drug-likeness (QED) is 0.167. The van der Waals surface area contributed by atoms with Crippen LogP contribution in [0.15, 0.2) is 0 Å². The fourth-order valence-electron chi connectivity index (χ4n) is 7.04. The summed E-state index contributed by atoms with van der Waals surface area (Å²) in [5.41, 5.74) is 0.270. The number of rotatable bonds is 15. The van der Waals surface area contributed by atoms with Gasteiger partial charge in [-0.05, 0) is 81.3 Å². The van der Waals surface area contributed by atoms with Crippen molar-refractivity contribution in [2.24, 2.45) is 17.8 Å². The highest BCUT2D eigenvalue weighted by atomic mass is 32.1. The zero-order valence-electron chi connectivity index (χ0n) is 20.9. The van der Waals surface area contributed by atoms with Crippen molar-refractivity contribution in [2.45, 2.75) is 115 Å². The van der Waals surface area contributed by atoms with E-state index in [1.165, 1.54) is 109 Å². The number of nitrogens with zero attached hydrogens (tertiary/aromatic N) is 1. The van der Waals surface area contributed by atoms with E-state index >= 15 is 0 Å². The molecule has 0 aromatic carbocycles. The first-order chi connectivity index (χ1) is 14.9. The Labute approximate surface area is 198 Å². The molecule has 4 heteroatoms. The molecule has 0 spiro atoms. The van der Waals surface area contributed by atoms with Crippen molar-refractivity contribution in [2.75, 3.05) is 33.8 Å². The van der Waals surface area contributed by atoms with Crippen molar-refractivity contribution in [3.8, 4) is 0 Å². The lowest BCUT2D eigenvalue weighted by atomic mass is 9.53. The van der Waals surface area contributed by atoms with Crippen molar-refractivity contribution in [3.63, 3.8) is 0 Å². The molecule has 4 saturated carbocycles. The minimum absolute atomic E-state index is 0.270.